The molecule has 1 atom stereocenters. The fourth-order valence-electron chi connectivity index (χ4n) is 0.768. The summed E-state index contributed by atoms with van der Waals surface area (Å²) in [4.78, 5) is 21.8. The highest BCUT2D eigenvalue weighted by Gasteiger charge is 2.22. The molecule has 0 fully saturated rings. The van der Waals surface area contributed by atoms with Crippen LogP contribution in [0.25, 0.3) is 0 Å². The van der Waals surface area contributed by atoms with Crippen molar-refractivity contribution < 1.29 is 19.4 Å². The number of carboxylic acid groups (broad SMARTS) is 1. The molecular weight excluding hydrogens is 222 g/mol. The van der Waals surface area contributed by atoms with E-state index in [2.05, 4.69) is 11.2 Å². The first kappa shape index (κ1) is 17.7. The highest BCUT2D eigenvalue weighted by atomic mass is 16.6. The Labute approximate surface area is 103 Å². The zero-order valence-corrected chi connectivity index (χ0v) is 11.0. The highest BCUT2D eigenvalue weighted by Crippen LogP contribution is 2.07. The Bertz CT molecular complexity index is 286. The van der Waals surface area contributed by atoms with Crippen LogP contribution in [0.3, 0.4) is 0 Å². The van der Waals surface area contributed by atoms with Crippen LogP contribution in [0.2, 0.25) is 0 Å². The molecule has 0 saturated heterocycles. The van der Waals surface area contributed by atoms with Crippen molar-refractivity contribution in [3.63, 3.8) is 0 Å². The zero-order valence-electron chi connectivity index (χ0n) is 11.0. The number of carboxylic acids is 1. The molecule has 17 heavy (non-hydrogen) atoms. The van der Waals surface area contributed by atoms with E-state index in [-0.39, 0.29) is 6.42 Å². The van der Waals surface area contributed by atoms with Crippen molar-refractivity contribution in [1.82, 2.24) is 5.32 Å². The summed E-state index contributed by atoms with van der Waals surface area (Å²) in [6.07, 6.45) is 4.10. The molecule has 0 heterocycles. The van der Waals surface area contributed by atoms with Gasteiger partial charge in [-0.2, -0.15) is 0 Å². The molecule has 0 aliphatic heterocycles. The van der Waals surface area contributed by atoms with Crippen LogP contribution < -0.4 is 5.32 Å². The molecule has 0 bridgehead atoms. The number of nitrogens with one attached hydrogen (secondary N) is 1. The number of amides is 1. The number of ether oxygens (including phenoxy) is 1. The zero-order chi connectivity index (χ0) is 14.1. The summed E-state index contributed by atoms with van der Waals surface area (Å²) in [6.45, 7) is 9.05. The lowest BCUT2D eigenvalue weighted by Gasteiger charge is -2.21. The second-order valence-corrected chi connectivity index (χ2v) is 3.95. The van der Waals surface area contributed by atoms with E-state index in [4.69, 9.17) is 16.3 Å². The molecule has 5 heteroatoms. The van der Waals surface area contributed by atoms with Crippen molar-refractivity contribution in [2.75, 3.05) is 0 Å². The van der Waals surface area contributed by atoms with Gasteiger partial charge in [0.15, 0.2) is 0 Å². The predicted octanol–water partition coefficient (Wildman–Crippen LogP) is 2.01. The van der Waals surface area contributed by atoms with E-state index in [0.29, 0.717) is 0 Å². The average molecular weight is 243 g/mol. The average Bonchev–Trinajstić information content (AvgIpc) is 2.17. The summed E-state index contributed by atoms with van der Waals surface area (Å²) >= 11 is 0. The van der Waals surface area contributed by atoms with E-state index < -0.39 is 23.7 Å². The Morgan fingerprint density at radius 1 is 1.41 bits per heavy atom. The Morgan fingerprint density at radius 2 is 1.88 bits per heavy atom. The number of terminal acetylenes is 1. The van der Waals surface area contributed by atoms with Crippen LogP contribution in [0, 0.1) is 12.3 Å². The number of hydrogen-bond acceptors (Lipinski definition) is 3. The van der Waals surface area contributed by atoms with Gasteiger partial charge >= 0.3 is 12.1 Å². The number of carbonyl (C=O) groups is 2. The summed E-state index contributed by atoms with van der Waals surface area (Å²) in [6, 6.07) is -1.11. The summed E-state index contributed by atoms with van der Waals surface area (Å²) < 4.78 is 4.88. The van der Waals surface area contributed by atoms with Gasteiger partial charge < -0.3 is 15.2 Å². The molecular formula is C12H21NO4. The van der Waals surface area contributed by atoms with Crippen molar-refractivity contribution >= 4 is 12.1 Å². The quantitative estimate of drug-likeness (QED) is 0.743. The molecule has 0 radical (unpaired) electrons. The topological polar surface area (TPSA) is 75.6 Å². The third-order valence-electron chi connectivity index (χ3n) is 1.31. The molecule has 0 aromatic carbocycles. The van der Waals surface area contributed by atoms with Gasteiger partial charge in [-0.25, -0.2) is 9.59 Å². The fourth-order valence-corrected chi connectivity index (χ4v) is 0.768. The second kappa shape index (κ2) is 8.45. The molecule has 0 aliphatic carbocycles. The number of aliphatic carboxylic acids is 1. The molecule has 1 amide bonds. The molecule has 0 saturated carbocycles. The summed E-state index contributed by atoms with van der Waals surface area (Å²) in [5.41, 5.74) is -0.663. The number of carbonyl (C=O) groups excluding carboxylic acids is 1. The van der Waals surface area contributed by atoms with Crippen LogP contribution in [-0.2, 0) is 9.53 Å². The van der Waals surface area contributed by atoms with Gasteiger partial charge in [0, 0.05) is 6.42 Å². The molecule has 5 nitrogen and oxygen atoms in total. The fraction of sp³-hybridized carbons (Fsp3) is 0.667. The Balaban J connectivity index is 0. The van der Waals surface area contributed by atoms with Crippen molar-refractivity contribution in [1.29, 1.82) is 0 Å². The van der Waals surface area contributed by atoms with Crippen LogP contribution in [0.5, 0.6) is 0 Å². The van der Waals surface area contributed by atoms with E-state index in [1.807, 2.05) is 13.8 Å². The van der Waals surface area contributed by atoms with Crippen LogP contribution in [0.15, 0.2) is 0 Å². The first-order valence-electron chi connectivity index (χ1n) is 5.42. The molecule has 1 unspecified atom stereocenters. The molecule has 0 rings (SSSR count). The smallest absolute Gasteiger partial charge is 0.408 e. The highest BCUT2D eigenvalue weighted by molar-refractivity contribution is 5.80. The van der Waals surface area contributed by atoms with Gasteiger partial charge in [-0.1, -0.05) is 13.8 Å². The van der Waals surface area contributed by atoms with Crippen LogP contribution >= 0.6 is 0 Å². The Hall–Kier alpha value is -1.70. The van der Waals surface area contributed by atoms with E-state index in [1.54, 1.807) is 20.8 Å². The Kier molecular flexibility index (Phi) is 8.79. The molecule has 0 aliphatic rings. The van der Waals surface area contributed by atoms with Gasteiger partial charge in [-0.05, 0) is 20.8 Å². The van der Waals surface area contributed by atoms with Gasteiger partial charge in [0.25, 0.3) is 0 Å². The van der Waals surface area contributed by atoms with Crippen molar-refractivity contribution in [2.45, 2.75) is 52.7 Å². The minimum absolute atomic E-state index is 0.0748. The summed E-state index contributed by atoms with van der Waals surface area (Å²) in [7, 11) is 0. The number of alkyl carbamates (subject to hydrolysis) is 1. The third-order valence-corrected chi connectivity index (χ3v) is 1.31. The molecule has 98 valence electrons. The SMILES string of the molecule is C#CCC(NC(=O)OC(C)(C)C)C(=O)O.CC. The van der Waals surface area contributed by atoms with Crippen molar-refractivity contribution in [3.8, 4) is 12.3 Å². The van der Waals surface area contributed by atoms with Gasteiger partial charge in [0.1, 0.15) is 11.6 Å². The largest absolute Gasteiger partial charge is 0.480 e. The van der Waals surface area contributed by atoms with E-state index in [1.165, 1.54) is 0 Å². The molecule has 0 spiro atoms. The van der Waals surface area contributed by atoms with Gasteiger partial charge in [-0.15, -0.1) is 12.3 Å². The maximum absolute atomic E-state index is 11.2. The molecule has 2 N–H and O–H groups in total. The normalized spacial score (nSPS) is 11.3. The van der Waals surface area contributed by atoms with Gasteiger partial charge in [0.05, 0.1) is 0 Å². The standard InChI is InChI=1S/C10H15NO4.C2H6/c1-5-6-7(8(12)13)11-9(14)15-10(2,3)4;1-2/h1,7H,6H2,2-4H3,(H,11,14)(H,12,13);1-2H3. The maximum atomic E-state index is 11.2. The number of rotatable bonds is 3. The van der Waals surface area contributed by atoms with E-state index in [0.717, 1.165) is 0 Å². The lowest BCUT2D eigenvalue weighted by atomic mass is 10.2. The van der Waals surface area contributed by atoms with Crippen LogP contribution in [0.4, 0.5) is 4.79 Å². The van der Waals surface area contributed by atoms with Crippen molar-refractivity contribution in [2.24, 2.45) is 0 Å². The number of hydrogen-bond donors (Lipinski definition) is 2. The second-order valence-electron chi connectivity index (χ2n) is 3.95. The van der Waals surface area contributed by atoms with Gasteiger partial charge in [0.2, 0.25) is 0 Å². The predicted molar refractivity (Wildman–Crippen MR) is 65.6 cm³/mol. The first-order valence-corrected chi connectivity index (χ1v) is 5.42. The molecule has 0 aromatic heterocycles. The summed E-state index contributed by atoms with van der Waals surface area (Å²) in [5.74, 6) is 0.985. The van der Waals surface area contributed by atoms with Gasteiger partial charge in [-0.3, -0.25) is 0 Å². The lowest BCUT2D eigenvalue weighted by Crippen LogP contribution is -2.43. The van der Waals surface area contributed by atoms with E-state index >= 15 is 0 Å². The maximum Gasteiger partial charge on any atom is 0.408 e. The summed E-state index contributed by atoms with van der Waals surface area (Å²) in [5, 5.41) is 10.9. The minimum Gasteiger partial charge on any atom is -0.480 e. The lowest BCUT2D eigenvalue weighted by molar-refractivity contribution is -0.139. The third kappa shape index (κ3) is 10.6. The van der Waals surface area contributed by atoms with Crippen LogP contribution in [-0.4, -0.2) is 28.8 Å². The van der Waals surface area contributed by atoms with Crippen molar-refractivity contribution in [3.05, 3.63) is 0 Å². The van der Waals surface area contributed by atoms with Crippen LogP contribution in [0.1, 0.15) is 41.0 Å². The monoisotopic (exact) mass is 243 g/mol. The Morgan fingerprint density at radius 3 is 2.18 bits per heavy atom. The minimum atomic E-state index is -1.18. The molecule has 0 aromatic rings. The first-order chi connectivity index (χ1) is 7.76. The van der Waals surface area contributed by atoms with E-state index in [9.17, 15) is 9.59 Å².